The summed E-state index contributed by atoms with van der Waals surface area (Å²) < 4.78 is 2.33. The Morgan fingerprint density at radius 2 is 0.878 bits per heavy atom. The summed E-state index contributed by atoms with van der Waals surface area (Å²) in [6.07, 6.45) is 0. The molecule has 8 aromatic rings. The van der Waals surface area contributed by atoms with Crippen LogP contribution in [-0.4, -0.2) is 9.55 Å². The number of hydrogen-bond acceptors (Lipinski definition) is 1. The average Bonchev–Trinajstić information content (AvgIpc) is 3.44. The summed E-state index contributed by atoms with van der Waals surface area (Å²) in [5.74, 6) is 0.939. The fraction of sp³-hybridized carbons (Fsp3) is 0. The first-order valence-corrected chi connectivity index (χ1v) is 14.0. The molecule has 7 aromatic carbocycles. The van der Waals surface area contributed by atoms with Crippen LogP contribution in [0.3, 0.4) is 0 Å². The Hall–Kier alpha value is -5.47. The highest BCUT2D eigenvalue weighted by Crippen LogP contribution is 2.45. The minimum absolute atomic E-state index is 0.939. The van der Waals surface area contributed by atoms with Gasteiger partial charge in [-0.25, -0.2) is 4.98 Å². The number of hydrogen-bond donors (Lipinski definition) is 0. The van der Waals surface area contributed by atoms with Gasteiger partial charge in [-0.05, 0) is 56.4 Å². The van der Waals surface area contributed by atoms with E-state index in [9.17, 15) is 0 Å². The third kappa shape index (κ3) is 3.76. The van der Waals surface area contributed by atoms with Crippen molar-refractivity contribution in [3.63, 3.8) is 0 Å². The van der Waals surface area contributed by atoms with Crippen molar-refractivity contribution in [1.29, 1.82) is 0 Å². The molecule has 41 heavy (non-hydrogen) atoms. The van der Waals surface area contributed by atoms with Crippen molar-refractivity contribution in [2.45, 2.75) is 0 Å². The molecule has 0 unspecified atom stereocenters. The van der Waals surface area contributed by atoms with Crippen molar-refractivity contribution in [3.05, 3.63) is 158 Å². The highest BCUT2D eigenvalue weighted by Gasteiger charge is 2.21. The zero-order valence-corrected chi connectivity index (χ0v) is 22.4. The van der Waals surface area contributed by atoms with Gasteiger partial charge in [0.2, 0.25) is 0 Å². The van der Waals surface area contributed by atoms with Crippen LogP contribution in [0.1, 0.15) is 0 Å². The Bertz CT molecular complexity index is 2130. The quantitative estimate of drug-likeness (QED) is 0.210. The molecular formula is C39H26N2. The number of imidazole rings is 1. The van der Waals surface area contributed by atoms with Crippen molar-refractivity contribution in [2.24, 2.45) is 0 Å². The number of benzene rings is 7. The van der Waals surface area contributed by atoms with Crippen LogP contribution >= 0.6 is 0 Å². The molecule has 2 heteroatoms. The van der Waals surface area contributed by atoms with Gasteiger partial charge in [-0.3, -0.25) is 4.57 Å². The van der Waals surface area contributed by atoms with Crippen LogP contribution in [0, 0.1) is 0 Å². The summed E-state index contributed by atoms with van der Waals surface area (Å²) in [5.41, 5.74) is 9.20. The van der Waals surface area contributed by atoms with Crippen LogP contribution in [0.4, 0.5) is 0 Å². The molecule has 0 saturated carbocycles. The lowest BCUT2D eigenvalue weighted by molar-refractivity contribution is 1.10. The summed E-state index contributed by atoms with van der Waals surface area (Å²) in [6.45, 7) is 0. The molecule has 0 spiro atoms. The molecule has 1 aromatic heterocycles. The minimum Gasteiger partial charge on any atom is -0.292 e. The number of rotatable bonds is 4. The van der Waals surface area contributed by atoms with Crippen LogP contribution in [0.25, 0.3) is 71.9 Å². The summed E-state index contributed by atoms with van der Waals surface area (Å²) in [7, 11) is 0. The molecule has 0 bridgehead atoms. The van der Waals surface area contributed by atoms with Gasteiger partial charge >= 0.3 is 0 Å². The van der Waals surface area contributed by atoms with Crippen molar-refractivity contribution in [1.82, 2.24) is 9.55 Å². The Labute approximate surface area is 238 Å². The Kier molecular flexibility index (Phi) is 5.49. The summed E-state index contributed by atoms with van der Waals surface area (Å²) >= 11 is 0. The first-order valence-electron chi connectivity index (χ1n) is 14.0. The molecule has 8 rings (SSSR count). The van der Waals surface area contributed by atoms with Gasteiger partial charge in [0, 0.05) is 11.1 Å². The van der Waals surface area contributed by atoms with E-state index in [2.05, 4.69) is 162 Å². The molecule has 0 aliphatic heterocycles. The fourth-order valence-electron chi connectivity index (χ4n) is 6.27. The summed E-state index contributed by atoms with van der Waals surface area (Å²) in [4.78, 5) is 5.14. The molecule has 0 aliphatic rings. The van der Waals surface area contributed by atoms with Crippen LogP contribution in [0.15, 0.2) is 158 Å². The van der Waals surface area contributed by atoms with E-state index in [1.54, 1.807) is 0 Å². The maximum Gasteiger partial charge on any atom is 0.145 e. The number of nitrogens with zero attached hydrogens (tertiary/aromatic N) is 2. The van der Waals surface area contributed by atoms with Crippen molar-refractivity contribution < 1.29 is 0 Å². The maximum atomic E-state index is 5.14. The molecule has 0 radical (unpaired) electrons. The van der Waals surface area contributed by atoms with Gasteiger partial charge in [-0.1, -0.05) is 140 Å². The number of para-hydroxylation sites is 3. The Morgan fingerprint density at radius 1 is 0.390 bits per heavy atom. The lowest BCUT2D eigenvalue weighted by Crippen LogP contribution is -2.01. The first kappa shape index (κ1) is 23.4. The van der Waals surface area contributed by atoms with Gasteiger partial charge in [0.05, 0.1) is 16.7 Å². The zero-order valence-electron chi connectivity index (χ0n) is 22.4. The van der Waals surface area contributed by atoms with E-state index >= 15 is 0 Å². The van der Waals surface area contributed by atoms with Crippen LogP contribution in [0.5, 0.6) is 0 Å². The number of aromatic nitrogens is 2. The molecule has 0 atom stereocenters. The SMILES string of the molecule is c1ccc(-c2c3ccccc3c(-c3ccccc3-n3c(-c4ccccc4)nc4ccccc43)c3ccccc23)cc1. The second-order valence-electron chi connectivity index (χ2n) is 10.3. The molecule has 1 heterocycles. The second-order valence-corrected chi connectivity index (χ2v) is 10.3. The van der Waals surface area contributed by atoms with Gasteiger partial charge < -0.3 is 0 Å². The molecule has 2 nitrogen and oxygen atoms in total. The van der Waals surface area contributed by atoms with Gasteiger partial charge in [0.25, 0.3) is 0 Å². The topological polar surface area (TPSA) is 17.8 Å². The average molecular weight is 523 g/mol. The Morgan fingerprint density at radius 3 is 1.54 bits per heavy atom. The Balaban J connectivity index is 1.51. The van der Waals surface area contributed by atoms with E-state index in [1.807, 2.05) is 0 Å². The lowest BCUT2D eigenvalue weighted by Gasteiger charge is -2.20. The van der Waals surface area contributed by atoms with Gasteiger partial charge in [-0.15, -0.1) is 0 Å². The number of fused-ring (bicyclic) bond motifs is 3. The van der Waals surface area contributed by atoms with E-state index < -0.39 is 0 Å². The monoisotopic (exact) mass is 522 g/mol. The van der Waals surface area contributed by atoms with Crippen molar-refractivity contribution in [2.75, 3.05) is 0 Å². The van der Waals surface area contributed by atoms with Crippen molar-refractivity contribution >= 4 is 32.6 Å². The highest BCUT2D eigenvalue weighted by molar-refractivity contribution is 6.22. The first-order chi connectivity index (χ1) is 20.4. The fourth-order valence-corrected chi connectivity index (χ4v) is 6.27. The van der Waals surface area contributed by atoms with Crippen LogP contribution in [-0.2, 0) is 0 Å². The minimum atomic E-state index is 0.939. The maximum absolute atomic E-state index is 5.14. The molecule has 0 amide bonds. The van der Waals surface area contributed by atoms with E-state index in [0.717, 1.165) is 28.1 Å². The highest BCUT2D eigenvalue weighted by atomic mass is 15.1. The van der Waals surface area contributed by atoms with E-state index in [0.29, 0.717) is 0 Å². The predicted molar refractivity (Wildman–Crippen MR) is 172 cm³/mol. The summed E-state index contributed by atoms with van der Waals surface area (Å²) in [5, 5.41) is 4.98. The molecule has 0 fully saturated rings. The summed E-state index contributed by atoms with van der Waals surface area (Å²) in [6, 6.07) is 56.1. The normalized spacial score (nSPS) is 11.4. The smallest absolute Gasteiger partial charge is 0.145 e. The van der Waals surface area contributed by atoms with Gasteiger partial charge in [0.1, 0.15) is 5.82 Å². The third-order valence-electron chi connectivity index (χ3n) is 8.00. The van der Waals surface area contributed by atoms with Gasteiger partial charge in [-0.2, -0.15) is 0 Å². The predicted octanol–water partition coefficient (Wildman–Crippen LogP) is 10.3. The van der Waals surface area contributed by atoms with E-state index in [4.69, 9.17) is 4.98 Å². The van der Waals surface area contributed by atoms with Crippen LogP contribution < -0.4 is 0 Å². The zero-order chi connectivity index (χ0) is 27.2. The van der Waals surface area contributed by atoms with Gasteiger partial charge in [0.15, 0.2) is 0 Å². The second kappa shape index (κ2) is 9.62. The standard InChI is InChI=1S/C39H26N2/c1-3-15-27(16-4-1)37-29-19-7-9-21-31(29)38(32-22-10-8-20-30(32)37)33-23-11-13-25-35(33)41-36-26-14-12-24-34(36)40-39(41)28-17-5-2-6-18-28/h1-26H. The molecule has 192 valence electrons. The van der Waals surface area contributed by atoms with E-state index in [-0.39, 0.29) is 0 Å². The third-order valence-corrected chi connectivity index (χ3v) is 8.00. The lowest BCUT2D eigenvalue weighted by atomic mass is 9.85. The van der Waals surface area contributed by atoms with Crippen LogP contribution in [0.2, 0.25) is 0 Å². The molecule has 0 saturated heterocycles. The molecule has 0 aliphatic carbocycles. The molecular weight excluding hydrogens is 496 g/mol. The molecule has 0 N–H and O–H groups in total. The largest absolute Gasteiger partial charge is 0.292 e. The van der Waals surface area contributed by atoms with E-state index in [1.165, 1.54) is 43.8 Å². The van der Waals surface area contributed by atoms with Crippen molar-refractivity contribution in [3.8, 4) is 39.3 Å².